The minimum absolute atomic E-state index is 0.0130. The number of ether oxygens (including phenoxy) is 1. The number of carbonyl (C=O) groups is 1. The molecule has 1 aromatic heterocycles. The first-order chi connectivity index (χ1) is 8.43. The zero-order valence-electron chi connectivity index (χ0n) is 11.1. The number of aromatic nitrogens is 2. The van der Waals surface area contributed by atoms with E-state index in [9.17, 15) is 9.90 Å². The van der Waals surface area contributed by atoms with Crippen molar-refractivity contribution >= 4 is 11.8 Å². The zero-order valence-corrected chi connectivity index (χ0v) is 11.1. The van der Waals surface area contributed by atoms with Gasteiger partial charge in [-0.1, -0.05) is 13.8 Å². The van der Waals surface area contributed by atoms with Crippen LogP contribution in [0.4, 0.5) is 5.82 Å². The Labute approximate surface area is 106 Å². The van der Waals surface area contributed by atoms with Crippen molar-refractivity contribution in [1.82, 2.24) is 9.97 Å². The molecule has 1 atom stereocenters. The van der Waals surface area contributed by atoms with Crippen LogP contribution in [0.15, 0.2) is 6.07 Å². The molecule has 0 fully saturated rings. The van der Waals surface area contributed by atoms with E-state index in [4.69, 9.17) is 0 Å². The highest BCUT2D eigenvalue weighted by Gasteiger charge is 2.13. The van der Waals surface area contributed by atoms with Gasteiger partial charge in [-0.3, -0.25) is 0 Å². The lowest BCUT2D eigenvalue weighted by Crippen LogP contribution is -2.25. The Morgan fingerprint density at radius 3 is 2.72 bits per heavy atom. The molecule has 0 bridgehead atoms. The standard InChI is InChI=1S/C12H19N3O3/c1-7(2)9(16)6-13-10-5-8(3)14-11(15-10)12(17)18-4/h5,7,9,16H,6H2,1-4H3,(H,13,14,15). The highest BCUT2D eigenvalue weighted by molar-refractivity contribution is 5.85. The van der Waals surface area contributed by atoms with E-state index in [1.807, 2.05) is 13.8 Å². The molecule has 1 heterocycles. The van der Waals surface area contributed by atoms with Crippen molar-refractivity contribution in [1.29, 1.82) is 0 Å². The van der Waals surface area contributed by atoms with Crippen LogP contribution < -0.4 is 5.32 Å². The van der Waals surface area contributed by atoms with Gasteiger partial charge in [0, 0.05) is 18.3 Å². The van der Waals surface area contributed by atoms with Gasteiger partial charge < -0.3 is 15.2 Å². The fourth-order valence-electron chi connectivity index (χ4n) is 1.29. The van der Waals surface area contributed by atoms with E-state index in [0.717, 1.165) is 0 Å². The van der Waals surface area contributed by atoms with Crippen LogP contribution >= 0.6 is 0 Å². The quantitative estimate of drug-likeness (QED) is 0.762. The Kier molecular flexibility index (Phi) is 5.03. The first-order valence-corrected chi connectivity index (χ1v) is 5.80. The van der Waals surface area contributed by atoms with Crippen molar-refractivity contribution in [2.24, 2.45) is 5.92 Å². The van der Waals surface area contributed by atoms with E-state index in [2.05, 4.69) is 20.0 Å². The molecule has 2 N–H and O–H groups in total. The molecule has 0 aliphatic rings. The van der Waals surface area contributed by atoms with Gasteiger partial charge in [0.2, 0.25) is 5.82 Å². The Balaban J connectivity index is 2.77. The smallest absolute Gasteiger partial charge is 0.376 e. The van der Waals surface area contributed by atoms with E-state index in [0.29, 0.717) is 18.1 Å². The van der Waals surface area contributed by atoms with Gasteiger partial charge in [-0.2, -0.15) is 0 Å². The second kappa shape index (κ2) is 6.30. The number of aryl methyl sites for hydroxylation is 1. The highest BCUT2D eigenvalue weighted by atomic mass is 16.5. The van der Waals surface area contributed by atoms with Crippen LogP contribution in [0.5, 0.6) is 0 Å². The number of hydrogen-bond donors (Lipinski definition) is 2. The highest BCUT2D eigenvalue weighted by Crippen LogP contribution is 2.08. The van der Waals surface area contributed by atoms with Crippen LogP contribution in [-0.2, 0) is 4.74 Å². The number of methoxy groups -OCH3 is 1. The molecule has 0 saturated heterocycles. The minimum atomic E-state index is -0.578. The van der Waals surface area contributed by atoms with Crippen molar-refractivity contribution in [3.05, 3.63) is 17.6 Å². The Morgan fingerprint density at radius 1 is 1.50 bits per heavy atom. The lowest BCUT2D eigenvalue weighted by atomic mass is 10.1. The molecule has 0 aromatic carbocycles. The lowest BCUT2D eigenvalue weighted by Gasteiger charge is -2.15. The predicted molar refractivity (Wildman–Crippen MR) is 67.4 cm³/mol. The van der Waals surface area contributed by atoms with Crippen molar-refractivity contribution in [3.8, 4) is 0 Å². The first-order valence-electron chi connectivity index (χ1n) is 5.80. The first kappa shape index (κ1) is 14.4. The summed E-state index contributed by atoms with van der Waals surface area (Å²) in [7, 11) is 1.28. The summed E-state index contributed by atoms with van der Waals surface area (Å²) in [6.07, 6.45) is -0.471. The van der Waals surface area contributed by atoms with Gasteiger partial charge >= 0.3 is 5.97 Å². The number of rotatable bonds is 5. The van der Waals surface area contributed by atoms with E-state index in [1.54, 1.807) is 13.0 Å². The molecule has 0 saturated carbocycles. The average molecular weight is 253 g/mol. The number of carbonyl (C=O) groups excluding carboxylic acids is 1. The Hall–Kier alpha value is -1.69. The summed E-state index contributed by atoms with van der Waals surface area (Å²) < 4.78 is 4.57. The zero-order chi connectivity index (χ0) is 13.7. The molecule has 100 valence electrons. The number of nitrogens with one attached hydrogen (secondary N) is 1. The third kappa shape index (κ3) is 3.96. The van der Waals surface area contributed by atoms with Crippen LogP contribution in [0, 0.1) is 12.8 Å². The molecule has 0 amide bonds. The van der Waals surface area contributed by atoms with Gasteiger partial charge in [0.05, 0.1) is 13.2 Å². The number of aliphatic hydroxyl groups is 1. The van der Waals surface area contributed by atoms with Crippen molar-refractivity contribution in [2.45, 2.75) is 26.9 Å². The van der Waals surface area contributed by atoms with Crippen LogP contribution in [0.25, 0.3) is 0 Å². The summed E-state index contributed by atoms with van der Waals surface area (Å²) in [6, 6.07) is 1.71. The number of nitrogens with zero attached hydrogens (tertiary/aromatic N) is 2. The number of aliphatic hydroxyl groups excluding tert-OH is 1. The van der Waals surface area contributed by atoms with Gasteiger partial charge in [0.15, 0.2) is 0 Å². The van der Waals surface area contributed by atoms with E-state index in [1.165, 1.54) is 7.11 Å². The summed E-state index contributed by atoms with van der Waals surface area (Å²) >= 11 is 0. The van der Waals surface area contributed by atoms with Gasteiger partial charge in [-0.05, 0) is 12.8 Å². The molecule has 18 heavy (non-hydrogen) atoms. The molecular weight excluding hydrogens is 234 g/mol. The second-order valence-corrected chi connectivity index (χ2v) is 4.40. The van der Waals surface area contributed by atoms with Crippen molar-refractivity contribution in [3.63, 3.8) is 0 Å². The number of esters is 1. The topological polar surface area (TPSA) is 84.3 Å². The molecule has 0 aliphatic heterocycles. The van der Waals surface area contributed by atoms with Crippen LogP contribution in [0.2, 0.25) is 0 Å². The maximum absolute atomic E-state index is 11.3. The van der Waals surface area contributed by atoms with E-state index in [-0.39, 0.29) is 11.7 Å². The van der Waals surface area contributed by atoms with Gasteiger partial charge in [0.25, 0.3) is 0 Å². The van der Waals surface area contributed by atoms with Crippen LogP contribution in [0.1, 0.15) is 30.2 Å². The van der Waals surface area contributed by atoms with E-state index < -0.39 is 12.1 Å². The predicted octanol–water partition coefficient (Wildman–Crippen LogP) is 1.00. The van der Waals surface area contributed by atoms with Gasteiger partial charge in [-0.25, -0.2) is 14.8 Å². The molecule has 0 aliphatic carbocycles. The van der Waals surface area contributed by atoms with E-state index >= 15 is 0 Å². The third-order valence-electron chi connectivity index (χ3n) is 2.48. The normalized spacial score (nSPS) is 12.3. The fraction of sp³-hybridized carbons (Fsp3) is 0.583. The number of hydrogen-bond acceptors (Lipinski definition) is 6. The Bertz CT molecular complexity index is 421. The summed E-state index contributed by atoms with van der Waals surface area (Å²) in [5.41, 5.74) is 0.659. The molecule has 6 nitrogen and oxygen atoms in total. The monoisotopic (exact) mass is 253 g/mol. The Morgan fingerprint density at radius 2 is 2.17 bits per heavy atom. The van der Waals surface area contributed by atoms with Crippen molar-refractivity contribution in [2.75, 3.05) is 19.0 Å². The van der Waals surface area contributed by atoms with Gasteiger partial charge in [0.1, 0.15) is 5.82 Å². The average Bonchev–Trinajstić information content (AvgIpc) is 2.34. The molecule has 1 aromatic rings. The molecule has 1 unspecified atom stereocenters. The minimum Gasteiger partial charge on any atom is -0.463 e. The molecule has 0 radical (unpaired) electrons. The molecule has 6 heteroatoms. The maximum Gasteiger partial charge on any atom is 0.376 e. The molecule has 1 rings (SSSR count). The number of anilines is 1. The van der Waals surface area contributed by atoms with Crippen LogP contribution in [0.3, 0.4) is 0 Å². The summed E-state index contributed by atoms with van der Waals surface area (Å²) in [4.78, 5) is 19.3. The molecular formula is C12H19N3O3. The largest absolute Gasteiger partial charge is 0.463 e. The van der Waals surface area contributed by atoms with Crippen LogP contribution in [-0.4, -0.2) is 40.8 Å². The second-order valence-electron chi connectivity index (χ2n) is 4.40. The maximum atomic E-state index is 11.3. The SMILES string of the molecule is COC(=O)c1nc(C)cc(NCC(O)C(C)C)n1. The summed E-state index contributed by atoms with van der Waals surface area (Å²) in [6.45, 7) is 5.99. The summed E-state index contributed by atoms with van der Waals surface area (Å²) in [5, 5.41) is 12.7. The molecule has 0 spiro atoms. The third-order valence-corrected chi connectivity index (χ3v) is 2.48. The summed E-state index contributed by atoms with van der Waals surface area (Å²) in [5.74, 6) is 0.0910. The lowest BCUT2D eigenvalue weighted by molar-refractivity contribution is 0.0586. The van der Waals surface area contributed by atoms with Crippen molar-refractivity contribution < 1.29 is 14.6 Å². The van der Waals surface area contributed by atoms with Gasteiger partial charge in [-0.15, -0.1) is 0 Å². The fourth-order valence-corrected chi connectivity index (χ4v) is 1.29.